The average Bonchev–Trinajstić information content (AvgIpc) is 2.89. The van der Waals surface area contributed by atoms with Crippen molar-refractivity contribution in [1.82, 2.24) is 19.5 Å². The summed E-state index contributed by atoms with van der Waals surface area (Å²) in [7, 11) is 3.84. The Kier molecular flexibility index (Phi) is 4.80. The molecule has 0 atom stereocenters. The average molecular weight is 302 g/mol. The van der Waals surface area contributed by atoms with Crippen molar-refractivity contribution in [2.75, 3.05) is 20.7 Å². The summed E-state index contributed by atoms with van der Waals surface area (Å²) in [5, 5.41) is 4.57. The highest BCUT2D eigenvalue weighted by molar-refractivity contribution is 5.93. The van der Waals surface area contributed by atoms with E-state index in [1.54, 1.807) is 17.6 Å². The van der Waals surface area contributed by atoms with Gasteiger partial charge in [0.1, 0.15) is 5.56 Å². The van der Waals surface area contributed by atoms with E-state index >= 15 is 0 Å². The number of ether oxygens (including phenoxy) is 1. The van der Waals surface area contributed by atoms with E-state index in [0.29, 0.717) is 23.8 Å². The largest absolute Gasteiger partial charge is 0.462 e. The van der Waals surface area contributed by atoms with Crippen LogP contribution in [0.4, 0.5) is 0 Å². The van der Waals surface area contributed by atoms with E-state index in [9.17, 15) is 4.79 Å². The third kappa shape index (κ3) is 3.27. The molecule has 0 aromatic carbocycles. The van der Waals surface area contributed by atoms with Crippen molar-refractivity contribution in [2.45, 2.75) is 26.7 Å². The molecule has 2 aromatic heterocycles. The number of nitrogens with zero attached hydrogens (tertiary/aromatic N) is 4. The number of rotatable bonds is 5. The number of fused-ring (bicyclic) bond motifs is 1. The second kappa shape index (κ2) is 6.60. The van der Waals surface area contributed by atoms with Crippen LogP contribution >= 0.6 is 0 Å². The number of carbonyl (C=O) groups excluding carboxylic acids is 1. The molecular formula is C16H22N4O2. The van der Waals surface area contributed by atoms with Gasteiger partial charge < -0.3 is 9.64 Å². The molecule has 0 aliphatic heterocycles. The summed E-state index contributed by atoms with van der Waals surface area (Å²) < 4.78 is 6.81. The first-order valence-electron chi connectivity index (χ1n) is 7.34. The van der Waals surface area contributed by atoms with Gasteiger partial charge >= 0.3 is 5.97 Å². The van der Waals surface area contributed by atoms with Crippen molar-refractivity contribution >= 4 is 17.7 Å². The molecule has 0 amide bonds. The Morgan fingerprint density at radius 3 is 2.77 bits per heavy atom. The molecule has 0 saturated heterocycles. The van der Waals surface area contributed by atoms with Gasteiger partial charge in [-0.05, 0) is 18.9 Å². The van der Waals surface area contributed by atoms with E-state index in [1.807, 2.05) is 37.3 Å². The second-order valence-electron chi connectivity index (χ2n) is 5.55. The molecule has 2 aromatic rings. The molecule has 0 aliphatic carbocycles. The van der Waals surface area contributed by atoms with Crippen LogP contribution < -0.4 is 0 Å². The zero-order valence-corrected chi connectivity index (χ0v) is 13.7. The van der Waals surface area contributed by atoms with Crippen molar-refractivity contribution in [2.24, 2.45) is 0 Å². The maximum absolute atomic E-state index is 12.1. The van der Waals surface area contributed by atoms with Gasteiger partial charge in [0.2, 0.25) is 0 Å². The van der Waals surface area contributed by atoms with Gasteiger partial charge in [-0.2, -0.15) is 5.10 Å². The molecule has 6 heteroatoms. The molecule has 2 rings (SSSR count). The topological polar surface area (TPSA) is 59.7 Å². The number of carbonyl (C=O) groups is 1. The van der Waals surface area contributed by atoms with Crippen molar-refractivity contribution in [1.29, 1.82) is 0 Å². The zero-order chi connectivity index (χ0) is 16.3. The molecule has 0 aliphatic rings. The number of hydrogen-bond acceptors (Lipinski definition) is 5. The molecule has 6 nitrogen and oxygen atoms in total. The summed E-state index contributed by atoms with van der Waals surface area (Å²) in [5.41, 5.74) is 2.73. The van der Waals surface area contributed by atoms with Gasteiger partial charge in [0.25, 0.3) is 0 Å². The van der Waals surface area contributed by atoms with Crippen molar-refractivity contribution in [3.63, 3.8) is 0 Å². The SMILES string of the molecule is CCOC(=O)c1cnc2cc(C(C)C)nn2c1/C=C/N(C)C. The van der Waals surface area contributed by atoms with Crippen LogP contribution in [0.1, 0.15) is 48.4 Å². The molecule has 0 N–H and O–H groups in total. The zero-order valence-electron chi connectivity index (χ0n) is 13.7. The normalized spacial score (nSPS) is 11.5. The van der Waals surface area contributed by atoms with Crippen LogP contribution in [0, 0.1) is 0 Å². The summed E-state index contributed by atoms with van der Waals surface area (Å²) >= 11 is 0. The molecule has 22 heavy (non-hydrogen) atoms. The Hall–Kier alpha value is -2.37. The van der Waals surface area contributed by atoms with E-state index in [2.05, 4.69) is 23.9 Å². The highest BCUT2D eigenvalue weighted by Crippen LogP contribution is 2.19. The van der Waals surface area contributed by atoms with Gasteiger partial charge in [-0.1, -0.05) is 13.8 Å². The van der Waals surface area contributed by atoms with E-state index in [-0.39, 0.29) is 0 Å². The molecule has 2 heterocycles. The van der Waals surface area contributed by atoms with Gasteiger partial charge in [0, 0.05) is 32.6 Å². The molecule has 0 spiro atoms. The Bertz CT molecular complexity index is 701. The van der Waals surface area contributed by atoms with Crippen LogP contribution in [0.5, 0.6) is 0 Å². The van der Waals surface area contributed by atoms with Crippen LogP contribution in [0.25, 0.3) is 11.7 Å². The van der Waals surface area contributed by atoms with Gasteiger partial charge in [-0.15, -0.1) is 0 Å². The summed E-state index contributed by atoms with van der Waals surface area (Å²) in [6.07, 6.45) is 5.26. The lowest BCUT2D eigenvalue weighted by Crippen LogP contribution is -2.12. The molecule has 0 radical (unpaired) electrons. The first-order chi connectivity index (χ1) is 10.4. The van der Waals surface area contributed by atoms with Crippen LogP contribution in [0.3, 0.4) is 0 Å². The number of esters is 1. The molecule has 0 unspecified atom stereocenters. The molecule has 118 valence electrons. The lowest BCUT2D eigenvalue weighted by Gasteiger charge is -2.09. The highest BCUT2D eigenvalue weighted by atomic mass is 16.5. The predicted molar refractivity (Wildman–Crippen MR) is 85.8 cm³/mol. The monoisotopic (exact) mass is 302 g/mol. The fraction of sp³-hybridized carbons (Fsp3) is 0.438. The van der Waals surface area contributed by atoms with Crippen LogP contribution in [0.15, 0.2) is 18.5 Å². The first kappa shape index (κ1) is 16.0. The molecular weight excluding hydrogens is 280 g/mol. The van der Waals surface area contributed by atoms with Gasteiger partial charge in [0.15, 0.2) is 5.65 Å². The Morgan fingerprint density at radius 2 is 2.18 bits per heavy atom. The van der Waals surface area contributed by atoms with Crippen LogP contribution in [-0.4, -0.2) is 46.2 Å². The lowest BCUT2D eigenvalue weighted by molar-refractivity contribution is 0.0525. The molecule has 0 bridgehead atoms. The summed E-state index contributed by atoms with van der Waals surface area (Å²) in [6, 6.07) is 1.94. The summed E-state index contributed by atoms with van der Waals surface area (Å²) in [5.74, 6) is -0.102. The Morgan fingerprint density at radius 1 is 1.45 bits per heavy atom. The standard InChI is InChI=1S/C16H22N4O2/c1-6-22-16(21)12-10-17-15-9-13(11(2)3)18-20(15)14(12)7-8-19(4)5/h7-11H,6H2,1-5H3/b8-7+. The maximum Gasteiger partial charge on any atom is 0.341 e. The number of hydrogen-bond donors (Lipinski definition) is 0. The summed E-state index contributed by atoms with van der Waals surface area (Å²) in [6.45, 7) is 6.25. The Labute approximate surface area is 130 Å². The van der Waals surface area contributed by atoms with E-state index in [4.69, 9.17) is 4.74 Å². The third-order valence-electron chi connectivity index (χ3n) is 3.16. The predicted octanol–water partition coefficient (Wildman–Crippen LogP) is 2.56. The van der Waals surface area contributed by atoms with Crippen LogP contribution in [0.2, 0.25) is 0 Å². The van der Waals surface area contributed by atoms with Crippen molar-refractivity contribution in [3.05, 3.63) is 35.4 Å². The van der Waals surface area contributed by atoms with Gasteiger partial charge in [0.05, 0.1) is 18.0 Å². The highest BCUT2D eigenvalue weighted by Gasteiger charge is 2.17. The van der Waals surface area contributed by atoms with Gasteiger partial charge in [-0.25, -0.2) is 14.3 Å². The number of aromatic nitrogens is 3. The fourth-order valence-electron chi connectivity index (χ4n) is 2.00. The van der Waals surface area contributed by atoms with Gasteiger partial charge in [-0.3, -0.25) is 0 Å². The smallest absolute Gasteiger partial charge is 0.341 e. The fourth-order valence-corrected chi connectivity index (χ4v) is 2.00. The Balaban J connectivity index is 2.63. The van der Waals surface area contributed by atoms with E-state index < -0.39 is 5.97 Å². The minimum absolute atomic E-state index is 0.290. The quantitative estimate of drug-likeness (QED) is 0.794. The van der Waals surface area contributed by atoms with Crippen molar-refractivity contribution in [3.8, 4) is 0 Å². The minimum atomic E-state index is -0.392. The van der Waals surface area contributed by atoms with Crippen LogP contribution in [-0.2, 0) is 4.74 Å². The summed E-state index contributed by atoms with van der Waals surface area (Å²) in [4.78, 5) is 18.4. The minimum Gasteiger partial charge on any atom is -0.462 e. The first-order valence-corrected chi connectivity index (χ1v) is 7.34. The lowest BCUT2D eigenvalue weighted by atomic mass is 10.1. The van der Waals surface area contributed by atoms with E-state index in [1.165, 1.54) is 0 Å². The van der Waals surface area contributed by atoms with E-state index in [0.717, 1.165) is 11.3 Å². The third-order valence-corrected chi connectivity index (χ3v) is 3.16. The van der Waals surface area contributed by atoms with Crippen molar-refractivity contribution < 1.29 is 9.53 Å². The molecule has 0 fully saturated rings. The molecule has 0 saturated carbocycles. The second-order valence-corrected chi connectivity index (χ2v) is 5.55. The maximum atomic E-state index is 12.1.